The van der Waals surface area contributed by atoms with Crippen molar-refractivity contribution < 1.29 is 13.7 Å². The van der Waals surface area contributed by atoms with Gasteiger partial charge in [0.15, 0.2) is 11.6 Å². The van der Waals surface area contributed by atoms with Gasteiger partial charge in [-0.3, -0.25) is 9.89 Å². The zero-order chi connectivity index (χ0) is 19.1. The van der Waals surface area contributed by atoms with Crippen molar-refractivity contribution in [3.8, 4) is 23.0 Å². The number of amides is 1. The van der Waals surface area contributed by atoms with Gasteiger partial charge in [-0.05, 0) is 31.2 Å². The summed E-state index contributed by atoms with van der Waals surface area (Å²) in [5, 5.41) is 11.2. The van der Waals surface area contributed by atoms with Crippen molar-refractivity contribution in [1.29, 1.82) is 0 Å². The number of benzene rings is 1. The van der Waals surface area contributed by atoms with Crippen LogP contribution in [-0.2, 0) is 4.79 Å². The summed E-state index contributed by atoms with van der Waals surface area (Å²) < 4.78 is 10.7. The van der Waals surface area contributed by atoms with Crippen LogP contribution in [0.3, 0.4) is 0 Å². The molecule has 1 unspecified atom stereocenters. The highest BCUT2D eigenvalue weighted by molar-refractivity contribution is 5.96. The Hall–Kier alpha value is -3.68. The molecule has 1 aliphatic heterocycles. The molecule has 1 saturated heterocycles. The number of nitrogens with one attached hydrogen (secondary N) is 1. The summed E-state index contributed by atoms with van der Waals surface area (Å²) in [6.07, 6.45) is 1.94. The number of aromatic nitrogens is 4. The second-order valence-corrected chi connectivity index (χ2v) is 6.84. The van der Waals surface area contributed by atoms with Crippen LogP contribution < -0.4 is 4.90 Å². The highest BCUT2D eigenvalue weighted by atomic mass is 16.5. The Morgan fingerprint density at radius 1 is 1.21 bits per heavy atom. The zero-order valence-corrected chi connectivity index (χ0v) is 15.1. The molecule has 8 nitrogen and oxygen atoms in total. The molecular weight excluding hydrogens is 358 g/mol. The van der Waals surface area contributed by atoms with Crippen molar-refractivity contribution in [2.75, 3.05) is 11.4 Å². The molecule has 1 N–H and O–H groups in total. The highest BCUT2D eigenvalue weighted by Gasteiger charge is 2.34. The lowest BCUT2D eigenvalue weighted by Gasteiger charge is -2.16. The number of rotatable bonds is 4. The van der Waals surface area contributed by atoms with Crippen LogP contribution in [-0.4, -0.2) is 32.8 Å². The van der Waals surface area contributed by atoms with E-state index < -0.39 is 0 Å². The number of aryl methyl sites for hydroxylation is 1. The monoisotopic (exact) mass is 375 g/mol. The molecule has 4 heterocycles. The van der Waals surface area contributed by atoms with Crippen molar-refractivity contribution in [2.24, 2.45) is 0 Å². The fourth-order valence-corrected chi connectivity index (χ4v) is 3.35. The average Bonchev–Trinajstić information content (AvgIpc) is 3.47. The van der Waals surface area contributed by atoms with Crippen LogP contribution in [0.1, 0.15) is 23.7 Å². The van der Waals surface area contributed by atoms with Crippen LogP contribution in [0.2, 0.25) is 0 Å². The molecule has 140 valence electrons. The fraction of sp³-hybridized carbons (Fsp3) is 0.200. The smallest absolute Gasteiger partial charge is 0.275 e. The maximum atomic E-state index is 12.5. The summed E-state index contributed by atoms with van der Waals surface area (Å²) in [6, 6.07) is 13.3. The van der Waals surface area contributed by atoms with Gasteiger partial charge in [-0.15, -0.1) is 0 Å². The first-order valence-corrected chi connectivity index (χ1v) is 8.97. The van der Waals surface area contributed by atoms with Crippen molar-refractivity contribution in [3.63, 3.8) is 0 Å². The van der Waals surface area contributed by atoms with Crippen molar-refractivity contribution in [2.45, 2.75) is 19.3 Å². The minimum Gasteiger partial charge on any atom is -0.463 e. The van der Waals surface area contributed by atoms with Gasteiger partial charge in [0.1, 0.15) is 11.4 Å². The Kier molecular flexibility index (Phi) is 3.82. The van der Waals surface area contributed by atoms with E-state index in [4.69, 9.17) is 8.94 Å². The predicted octanol–water partition coefficient (Wildman–Crippen LogP) is 3.55. The van der Waals surface area contributed by atoms with Gasteiger partial charge >= 0.3 is 0 Å². The van der Waals surface area contributed by atoms with Crippen LogP contribution in [0.5, 0.6) is 0 Å². The molecule has 8 heteroatoms. The summed E-state index contributed by atoms with van der Waals surface area (Å²) >= 11 is 0. The quantitative estimate of drug-likeness (QED) is 0.585. The molecule has 0 spiro atoms. The molecule has 1 aromatic carbocycles. The van der Waals surface area contributed by atoms with Gasteiger partial charge in [0.25, 0.3) is 5.89 Å². The van der Waals surface area contributed by atoms with E-state index in [-0.39, 0.29) is 11.8 Å². The number of aromatic amines is 1. The lowest BCUT2D eigenvalue weighted by Crippen LogP contribution is -2.24. The largest absolute Gasteiger partial charge is 0.463 e. The van der Waals surface area contributed by atoms with Gasteiger partial charge in [-0.25, -0.2) is 0 Å². The number of carbonyl (C=O) groups is 1. The van der Waals surface area contributed by atoms with Crippen LogP contribution in [0.4, 0.5) is 5.69 Å². The summed E-state index contributed by atoms with van der Waals surface area (Å²) in [7, 11) is 0. The summed E-state index contributed by atoms with van der Waals surface area (Å²) in [5.41, 5.74) is 3.30. The van der Waals surface area contributed by atoms with Gasteiger partial charge in [-0.1, -0.05) is 22.9 Å². The molecule has 28 heavy (non-hydrogen) atoms. The molecule has 0 radical (unpaired) electrons. The van der Waals surface area contributed by atoms with Crippen LogP contribution in [0.15, 0.2) is 57.7 Å². The van der Waals surface area contributed by atoms with E-state index in [1.54, 1.807) is 23.3 Å². The third-order valence-corrected chi connectivity index (χ3v) is 4.86. The SMILES string of the molecule is Cc1ccc(N2CC(c3noc(-c4cc(-c5ccco5)n[nH]4)n3)CC2=O)cc1. The first kappa shape index (κ1) is 16.5. The molecule has 5 rings (SSSR count). The van der Waals surface area contributed by atoms with Gasteiger partial charge in [0, 0.05) is 30.6 Å². The van der Waals surface area contributed by atoms with Gasteiger partial charge in [0.05, 0.1) is 6.26 Å². The molecule has 1 aliphatic rings. The van der Waals surface area contributed by atoms with E-state index in [1.165, 1.54) is 0 Å². The molecule has 1 atom stereocenters. The number of hydrogen-bond acceptors (Lipinski definition) is 6. The number of anilines is 1. The minimum absolute atomic E-state index is 0.0573. The number of H-pyrrole nitrogens is 1. The maximum absolute atomic E-state index is 12.5. The number of nitrogens with zero attached hydrogens (tertiary/aromatic N) is 4. The molecule has 4 aromatic rings. The zero-order valence-electron chi connectivity index (χ0n) is 15.1. The Labute approximate surface area is 160 Å². The molecule has 0 saturated carbocycles. The second-order valence-electron chi connectivity index (χ2n) is 6.84. The van der Waals surface area contributed by atoms with Crippen molar-refractivity contribution in [1.82, 2.24) is 20.3 Å². The standard InChI is InChI=1S/C20H17N5O3/c1-12-4-6-14(7-5-12)25-11-13(9-18(25)26)19-21-20(28-24-19)16-10-15(22-23-16)17-3-2-8-27-17/h2-8,10,13H,9,11H2,1H3,(H,22,23). The predicted molar refractivity (Wildman–Crippen MR) is 100 cm³/mol. The molecule has 1 fully saturated rings. The lowest BCUT2D eigenvalue weighted by atomic mass is 10.1. The Morgan fingerprint density at radius 3 is 2.86 bits per heavy atom. The maximum Gasteiger partial charge on any atom is 0.275 e. The topological polar surface area (TPSA) is 101 Å². The molecule has 1 amide bonds. The Bertz CT molecular complexity index is 1110. The minimum atomic E-state index is -0.112. The summed E-state index contributed by atoms with van der Waals surface area (Å²) in [5.74, 6) is 1.45. The lowest BCUT2D eigenvalue weighted by molar-refractivity contribution is -0.117. The van der Waals surface area contributed by atoms with E-state index in [0.29, 0.717) is 41.8 Å². The molecule has 0 bridgehead atoms. The van der Waals surface area contributed by atoms with Crippen LogP contribution >= 0.6 is 0 Å². The first-order valence-electron chi connectivity index (χ1n) is 8.97. The van der Waals surface area contributed by atoms with Crippen LogP contribution in [0.25, 0.3) is 23.0 Å². The van der Waals surface area contributed by atoms with E-state index >= 15 is 0 Å². The molecule has 0 aliphatic carbocycles. The number of carbonyl (C=O) groups excluding carboxylic acids is 1. The van der Waals surface area contributed by atoms with E-state index in [0.717, 1.165) is 11.3 Å². The summed E-state index contributed by atoms with van der Waals surface area (Å²) in [4.78, 5) is 18.7. The van der Waals surface area contributed by atoms with E-state index in [2.05, 4.69) is 20.3 Å². The van der Waals surface area contributed by atoms with Crippen molar-refractivity contribution in [3.05, 3.63) is 60.1 Å². The van der Waals surface area contributed by atoms with Gasteiger partial charge < -0.3 is 13.8 Å². The Morgan fingerprint density at radius 2 is 2.07 bits per heavy atom. The third kappa shape index (κ3) is 2.88. The number of hydrogen-bond donors (Lipinski definition) is 1. The Balaban J connectivity index is 1.35. The van der Waals surface area contributed by atoms with Crippen molar-refractivity contribution >= 4 is 11.6 Å². The number of furan rings is 1. The third-order valence-electron chi connectivity index (χ3n) is 4.86. The molecule has 3 aromatic heterocycles. The highest BCUT2D eigenvalue weighted by Crippen LogP contribution is 2.32. The van der Waals surface area contributed by atoms with Gasteiger partial charge in [0.2, 0.25) is 5.91 Å². The summed E-state index contributed by atoms with van der Waals surface area (Å²) in [6.45, 7) is 2.55. The fourth-order valence-electron chi connectivity index (χ4n) is 3.35. The average molecular weight is 375 g/mol. The normalized spacial score (nSPS) is 16.8. The second kappa shape index (κ2) is 6.49. The molecular formula is C20H17N5O3. The first-order chi connectivity index (χ1) is 13.7. The van der Waals surface area contributed by atoms with Crippen LogP contribution in [0, 0.1) is 6.92 Å². The van der Waals surface area contributed by atoms with E-state index in [1.807, 2.05) is 37.3 Å². The van der Waals surface area contributed by atoms with E-state index in [9.17, 15) is 4.79 Å². The van der Waals surface area contributed by atoms with Gasteiger partial charge in [-0.2, -0.15) is 10.1 Å².